The molecule has 0 aliphatic rings. The Labute approximate surface area is 95.2 Å². The Kier molecular flexibility index (Phi) is 4.93. The number of nitriles is 1. The minimum atomic E-state index is -0.623. The van der Waals surface area contributed by atoms with Gasteiger partial charge in [-0.1, -0.05) is 12.1 Å². The Morgan fingerprint density at radius 1 is 1.38 bits per heavy atom. The maximum atomic E-state index is 9.80. The SMILES string of the molecule is CC(CO)NCC(O)c1ccc(C#N)cc1. The number of nitrogens with zero attached hydrogens (tertiary/aromatic N) is 1. The van der Waals surface area contributed by atoms with Crippen molar-refractivity contribution >= 4 is 0 Å². The van der Waals surface area contributed by atoms with E-state index in [9.17, 15) is 5.11 Å². The van der Waals surface area contributed by atoms with E-state index in [1.807, 2.05) is 13.0 Å². The predicted molar refractivity (Wildman–Crippen MR) is 60.7 cm³/mol. The number of aliphatic hydroxyl groups is 2. The van der Waals surface area contributed by atoms with Gasteiger partial charge in [0.05, 0.1) is 24.3 Å². The van der Waals surface area contributed by atoms with Crippen LogP contribution in [-0.4, -0.2) is 29.4 Å². The van der Waals surface area contributed by atoms with Gasteiger partial charge in [0, 0.05) is 12.6 Å². The van der Waals surface area contributed by atoms with E-state index in [1.165, 1.54) is 0 Å². The summed E-state index contributed by atoms with van der Waals surface area (Å²) < 4.78 is 0. The van der Waals surface area contributed by atoms with Gasteiger partial charge in [-0.3, -0.25) is 0 Å². The summed E-state index contributed by atoms with van der Waals surface area (Å²) >= 11 is 0. The molecule has 0 heterocycles. The zero-order chi connectivity index (χ0) is 12.0. The summed E-state index contributed by atoms with van der Waals surface area (Å²) in [6, 6.07) is 8.80. The van der Waals surface area contributed by atoms with E-state index in [0.29, 0.717) is 12.1 Å². The second-order valence-corrected chi connectivity index (χ2v) is 3.74. The first-order valence-electron chi connectivity index (χ1n) is 5.19. The smallest absolute Gasteiger partial charge is 0.0991 e. The van der Waals surface area contributed by atoms with E-state index in [4.69, 9.17) is 10.4 Å². The summed E-state index contributed by atoms with van der Waals surface area (Å²) in [7, 11) is 0. The third kappa shape index (κ3) is 3.63. The molecule has 0 saturated carbocycles. The minimum Gasteiger partial charge on any atom is -0.395 e. The molecule has 2 unspecified atom stereocenters. The molecule has 86 valence electrons. The van der Waals surface area contributed by atoms with Crippen LogP contribution in [0.15, 0.2) is 24.3 Å². The highest BCUT2D eigenvalue weighted by Crippen LogP contribution is 2.12. The molecule has 4 heteroatoms. The highest BCUT2D eigenvalue weighted by molar-refractivity contribution is 5.32. The third-order valence-electron chi connectivity index (χ3n) is 2.36. The van der Waals surface area contributed by atoms with E-state index in [-0.39, 0.29) is 12.6 Å². The van der Waals surface area contributed by atoms with Gasteiger partial charge in [0.15, 0.2) is 0 Å². The fourth-order valence-electron chi connectivity index (χ4n) is 1.28. The van der Waals surface area contributed by atoms with Crippen LogP contribution in [0, 0.1) is 11.3 Å². The summed E-state index contributed by atoms with van der Waals surface area (Å²) in [6.45, 7) is 2.26. The summed E-state index contributed by atoms with van der Waals surface area (Å²) in [5.41, 5.74) is 1.34. The summed E-state index contributed by atoms with van der Waals surface area (Å²) in [5, 5.41) is 30.2. The molecule has 0 aromatic heterocycles. The molecule has 0 aliphatic heterocycles. The molecule has 0 radical (unpaired) electrons. The first kappa shape index (κ1) is 12.7. The van der Waals surface area contributed by atoms with Gasteiger partial charge in [0.2, 0.25) is 0 Å². The lowest BCUT2D eigenvalue weighted by Crippen LogP contribution is -2.32. The Bertz CT molecular complexity index is 356. The number of rotatable bonds is 5. The van der Waals surface area contributed by atoms with E-state index < -0.39 is 6.10 Å². The molecular weight excluding hydrogens is 204 g/mol. The van der Waals surface area contributed by atoms with Crippen LogP contribution in [0.25, 0.3) is 0 Å². The quantitative estimate of drug-likeness (QED) is 0.677. The zero-order valence-electron chi connectivity index (χ0n) is 9.22. The molecule has 2 atom stereocenters. The minimum absolute atomic E-state index is 0.0342. The normalized spacial score (nSPS) is 14.1. The maximum Gasteiger partial charge on any atom is 0.0991 e. The van der Waals surface area contributed by atoms with Crippen molar-refractivity contribution in [3.05, 3.63) is 35.4 Å². The van der Waals surface area contributed by atoms with Crippen molar-refractivity contribution in [3.8, 4) is 6.07 Å². The largest absolute Gasteiger partial charge is 0.395 e. The molecule has 0 amide bonds. The van der Waals surface area contributed by atoms with Gasteiger partial charge in [-0.15, -0.1) is 0 Å². The van der Waals surface area contributed by atoms with Crippen molar-refractivity contribution in [1.82, 2.24) is 5.32 Å². The van der Waals surface area contributed by atoms with E-state index in [1.54, 1.807) is 24.3 Å². The van der Waals surface area contributed by atoms with E-state index >= 15 is 0 Å². The van der Waals surface area contributed by atoms with Crippen LogP contribution in [0.3, 0.4) is 0 Å². The van der Waals surface area contributed by atoms with E-state index in [2.05, 4.69) is 5.32 Å². The van der Waals surface area contributed by atoms with Gasteiger partial charge in [-0.2, -0.15) is 5.26 Å². The van der Waals surface area contributed by atoms with Crippen LogP contribution in [0.1, 0.15) is 24.2 Å². The first-order valence-corrected chi connectivity index (χ1v) is 5.19. The van der Waals surface area contributed by atoms with Gasteiger partial charge in [-0.05, 0) is 24.6 Å². The number of hydrogen-bond acceptors (Lipinski definition) is 4. The number of nitrogens with one attached hydrogen (secondary N) is 1. The maximum absolute atomic E-state index is 9.80. The molecule has 1 rings (SSSR count). The number of benzene rings is 1. The van der Waals surface area contributed by atoms with Crippen LogP contribution in [-0.2, 0) is 0 Å². The molecule has 0 saturated heterocycles. The van der Waals surface area contributed by atoms with Crippen molar-refractivity contribution < 1.29 is 10.2 Å². The summed E-state index contributed by atoms with van der Waals surface area (Å²) in [6.07, 6.45) is -0.623. The van der Waals surface area contributed by atoms with E-state index in [0.717, 1.165) is 5.56 Å². The molecule has 1 aromatic carbocycles. The highest BCUT2D eigenvalue weighted by Gasteiger charge is 2.08. The Morgan fingerprint density at radius 2 is 2.00 bits per heavy atom. The first-order chi connectivity index (χ1) is 7.67. The molecular formula is C12H16N2O2. The molecule has 0 fully saturated rings. The zero-order valence-corrected chi connectivity index (χ0v) is 9.22. The van der Waals surface area contributed by atoms with Crippen LogP contribution >= 0.6 is 0 Å². The lowest BCUT2D eigenvalue weighted by atomic mass is 10.1. The fraction of sp³-hybridized carbons (Fsp3) is 0.417. The predicted octanol–water partition coefficient (Wildman–Crippen LogP) is 0.562. The van der Waals surface area contributed by atoms with Gasteiger partial charge >= 0.3 is 0 Å². The topological polar surface area (TPSA) is 76.3 Å². The van der Waals surface area contributed by atoms with Crippen LogP contribution in [0.4, 0.5) is 0 Å². The fourth-order valence-corrected chi connectivity index (χ4v) is 1.28. The molecule has 3 N–H and O–H groups in total. The monoisotopic (exact) mass is 220 g/mol. The Hall–Kier alpha value is -1.41. The van der Waals surface area contributed by atoms with Crippen LogP contribution in [0.5, 0.6) is 0 Å². The summed E-state index contributed by atoms with van der Waals surface area (Å²) in [5.74, 6) is 0. The standard InChI is InChI=1S/C12H16N2O2/c1-9(8-15)14-7-12(16)11-4-2-10(6-13)3-5-11/h2-5,9,12,14-16H,7-8H2,1H3. The molecule has 4 nitrogen and oxygen atoms in total. The molecule has 0 aliphatic carbocycles. The highest BCUT2D eigenvalue weighted by atomic mass is 16.3. The van der Waals surface area contributed by atoms with Gasteiger partial charge in [-0.25, -0.2) is 0 Å². The van der Waals surface area contributed by atoms with Gasteiger partial charge < -0.3 is 15.5 Å². The lowest BCUT2D eigenvalue weighted by Gasteiger charge is -2.15. The number of hydrogen-bond donors (Lipinski definition) is 3. The van der Waals surface area contributed by atoms with Crippen LogP contribution < -0.4 is 5.32 Å². The van der Waals surface area contributed by atoms with Crippen molar-refractivity contribution in [2.24, 2.45) is 0 Å². The molecule has 0 bridgehead atoms. The van der Waals surface area contributed by atoms with Crippen LogP contribution in [0.2, 0.25) is 0 Å². The van der Waals surface area contributed by atoms with Crippen molar-refractivity contribution in [2.45, 2.75) is 19.1 Å². The molecule has 16 heavy (non-hydrogen) atoms. The van der Waals surface area contributed by atoms with Gasteiger partial charge in [0.25, 0.3) is 0 Å². The van der Waals surface area contributed by atoms with Crippen molar-refractivity contribution in [2.75, 3.05) is 13.2 Å². The van der Waals surface area contributed by atoms with Crippen molar-refractivity contribution in [3.63, 3.8) is 0 Å². The van der Waals surface area contributed by atoms with Crippen molar-refractivity contribution in [1.29, 1.82) is 5.26 Å². The average molecular weight is 220 g/mol. The second-order valence-electron chi connectivity index (χ2n) is 3.74. The average Bonchev–Trinajstić information content (AvgIpc) is 2.35. The molecule has 0 spiro atoms. The van der Waals surface area contributed by atoms with Gasteiger partial charge in [0.1, 0.15) is 0 Å². The Morgan fingerprint density at radius 3 is 2.50 bits per heavy atom. The second kappa shape index (κ2) is 6.23. The number of aliphatic hydroxyl groups excluding tert-OH is 2. The third-order valence-corrected chi connectivity index (χ3v) is 2.36. The molecule has 1 aromatic rings. The lowest BCUT2D eigenvalue weighted by molar-refractivity contribution is 0.161. The Balaban J connectivity index is 2.53. The summed E-state index contributed by atoms with van der Waals surface area (Å²) in [4.78, 5) is 0.